The largest absolute Gasteiger partial charge is 0.506 e. The van der Waals surface area contributed by atoms with Gasteiger partial charge in [-0.1, -0.05) is 12.1 Å². The topological polar surface area (TPSA) is 83.6 Å². The van der Waals surface area contributed by atoms with Crippen molar-refractivity contribution < 1.29 is 46.0 Å². The Kier molecular flexibility index (Phi) is 5.18. The van der Waals surface area contributed by atoms with Gasteiger partial charge in [0.05, 0.1) is 22.3 Å². The van der Waals surface area contributed by atoms with E-state index in [1.807, 2.05) is 0 Å². The third-order valence-corrected chi connectivity index (χ3v) is 4.94. The van der Waals surface area contributed by atoms with E-state index in [4.69, 9.17) is 9.47 Å². The zero-order valence-corrected chi connectivity index (χ0v) is 15.9. The number of alkyl halides is 6. The molecule has 0 fully saturated rings. The Balaban J connectivity index is 1.59. The minimum absolute atomic E-state index is 0.0929. The van der Waals surface area contributed by atoms with Gasteiger partial charge in [-0.15, -0.1) is 0 Å². The van der Waals surface area contributed by atoms with Crippen molar-refractivity contribution in [3.05, 3.63) is 58.7 Å². The monoisotopic (exact) mass is 460 g/mol. The molecule has 2 N–H and O–H groups in total. The summed E-state index contributed by atoms with van der Waals surface area (Å²) in [5, 5.41) is 20.0. The van der Waals surface area contributed by atoms with Crippen molar-refractivity contribution in [1.82, 2.24) is 0 Å². The number of halogens is 6. The molecule has 0 bridgehead atoms. The molecule has 0 amide bonds. The van der Waals surface area contributed by atoms with E-state index in [0.29, 0.717) is 0 Å². The van der Waals surface area contributed by atoms with Crippen LogP contribution >= 0.6 is 0 Å². The minimum Gasteiger partial charge on any atom is -0.506 e. The number of rotatable bonds is 3. The molecule has 2 aliphatic rings. The fourth-order valence-corrected chi connectivity index (χ4v) is 3.36. The molecule has 170 valence electrons. The highest BCUT2D eigenvalue weighted by atomic mass is 19.4. The van der Waals surface area contributed by atoms with E-state index in [-0.39, 0.29) is 36.1 Å². The summed E-state index contributed by atoms with van der Waals surface area (Å²) in [6.07, 6.45) is -9.55. The molecule has 0 saturated heterocycles. The normalized spacial score (nSPS) is 21.1. The molecule has 2 atom stereocenters. The van der Waals surface area contributed by atoms with Gasteiger partial charge in [0.15, 0.2) is 0 Å². The molecular formula is C20H14F6N2O4. The quantitative estimate of drug-likeness (QED) is 0.675. The van der Waals surface area contributed by atoms with Gasteiger partial charge >= 0.3 is 12.4 Å². The summed E-state index contributed by atoms with van der Waals surface area (Å²) in [4.78, 5) is 8.34. The van der Waals surface area contributed by atoms with Crippen LogP contribution in [-0.2, 0) is 21.8 Å². The second-order valence-electron chi connectivity index (χ2n) is 7.02. The van der Waals surface area contributed by atoms with E-state index in [9.17, 15) is 36.6 Å². The first-order valence-corrected chi connectivity index (χ1v) is 9.17. The molecule has 2 aromatic rings. The number of phenolic OH excluding ortho intramolecular Hbond substituents is 2. The predicted molar refractivity (Wildman–Crippen MR) is 98.8 cm³/mol. The molecule has 12 heteroatoms. The number of aromatic hydroxyl groups is 2. The van der Waals surface area contributed by atoms with Crippen LogP contribution in [0.15, 0.2) is 46.4 Å². The third-order valence-electron chi connectivity index (χ3n) is 4.94. The molecular weight excluding hydrogens is 446 g/mol. The number of hydrogen-bond donors (Lipinski definition) is 2. The van der Waals surface area contributed by atoms with Gasteiger partial charge in [-0.25, -0.2) is 9.98 Å². The first-order chi connectivity index (χ1) is 15.0. The smallest absolute Gasteiger partial charge is 0.419 e. The van der Waals surface area contributed by atoms with Gasteiger partial charge in [-0.05, 0) is 24.3 Å². The van der Waals surface area contributed by atoms with Gasteiger partial charge in [0, 0.05) is 0 Å². The summed E-state index contributed by atoms with van der Waals surface area (Å²) in [5.74, 6) is -2.49. The first-order valence-electron chi connectivity index (χ1n) is 9.17. The van der Waals surface area contributed by atoms with E-state index in [1.165, 1.54) is 12.1 Å². The number of hydrogen-bond acceptors (Lipinski definition) is 6. The summed E-state index contributed by atoms with van der Waals surface area (Å²) in [6, 6.07) is 4.63. The van der Waals surface area contributed by atoms with E-state index in [0.717, 1.165) is 24.3 Å². The van der Waals surface area contributed by atoms with Crippen LogP contribution in [-0.4, -0.2) is 47.3 Å². The molecule has 2 aromatic carbocycles. The lowest BCUT2D eigenvalue weighted by Gasteiger charge is -2.11. The fraction of sp³-hybridized carbons (Fsp3) is 0.300. The van der Waals surface area contributed by atoms with Gasteiger partial charge in [-0.2, -0.15) is 26.3 Å². The molecule has 0 saturated carbocycles. The SMILES string of the molecule is Oc1c(C2=N[C@@H]([C@H]3COC(c4cccc(C(F)(F)F)c4O)=N3)CO2)cccc1C(F)(F)F. The maximum atomic E-state index is 13.0. The molecule has 0 radical (unpaired) electrons. The molecule has 0 aliphatic carbocycles. The van der Waals surface area contributed by atoms with Crippen LogP contribution in [0.25, 0.3) is 0 Å². The second-order valence-corrected chi connectivity index (χ2v) is 7.02. The van der Waals surface area contributed by atoms with Gasteiger partial charge in [-0.3, -0.25) is 0 Å². The van der Waals surface area contributed by atoms with Crippen LogP contribution in [0.2, 0.25) is 0 Å². The fourth-order valence-electron chi connectivity index (χ4n) is 3.36. The minimum atomic E-state index is -4.77. The summed E-state index contributed by atoms with van der Waals surface area (Å²) < 4.78 is 88.7. The lowest BCUT2D eigenvalue weighted by molar-refractivity contribution is -0.139. The number of phenols is 2. The number of aliphatic imine (C=N–C) groups is 2. The molecule has 2 aliphatic heterocycles. The Morgan fingerprint density at radius 3 is 1.41 bits per heavy atom. The van der Waals surface area contributed by atoms with Crippen molar-refractivity contribution in [2.45, 2.75) is 24.4 Å². The van der Waals surface area contributed by atoms with E-state index >= 15 is 0 Å². The highest BCUT2D eigenvalue weighted by Crippen LogP contribution is 2.39. The molecule has 4 rings (SSSR count). The predicted octanol–water partition coefficient (Wildman–Crippen LogP) is 4.13. The van der Waals surface area contributed by atoms with E-state index < -0.39 is 47.1 Å². The van der Waals surface area contributed by atoms with Crippen molar-refractivity contribution in [2.75, 3.05) is 13.2 Å². The highest BCUT2D eigenvalue weighted by Gasteiger charge is 2.39. The van der Waals surface area contributed by atoms with Gasteiger partial charge in [0.2, 0.25) is 11.8 Å². The lowest BCUT2D eigenvalue weighted by Crippen LogP contribution is -2.25. The van der Waals surface area contributed by atoms with Gasteiger partial charge in [0.1, 0.15) is 36.8 Å². The third kappa shape index (κ3) is 3.92. The summed E-state index contributed by atoms with van der Waals surface area (Å²) in [7, 11) is 0. The lowest BCUT2D eigenvalue weighted by atomic mass is 10.1. The number of benzene rings is 2. The second kappa shape index (κ2) is 7.61. The van der Waals surface area contributed by atoms with Crippen LogP contribution in [0.1, 0.15) is 22.3 Å². The summed E-state index contributed by atoms with van der Waals surface area (Å²) >= 11 is 0. The number of nitrogens with zero attached hydrogens (tertiary/aromatic N) is 2. The Morgan fingerprint density at radius 1 is 0.688 bits per heavy atom. The van der Waals surface area contributed by atoms with Crippen molar-refractivity contribution in [3.63, 3.8) is 0 Å². The molecule has 0 spiro atoms. The molecule has 0 unspecified atom stereocenters. The van der Waals surface area contributed by atoms with Gasteiger partial charge < -0.3 is 19.7 Å². The maximum Gasteiger partial charge on any atom is 0.419 e. The Bertz CT molecular complexity index is 1020. The Morgan fingerprint density at radius 2 is 1.06 bits per heavy atom. The Labute approximate surface area is 176 Å². The zero-order valence-electron chi connectivity index (χ0n) is 15.9. The van der Waals surface area contributed by atoms with Crippen molar-refractivity contribution in [1.29, 1.82) is 0 Å². The van der Waals surface area contributed by atoms with Gasteiger partial charge in [0.25, 0.3) is 0 Å². The molecule has 6 nitrogen and oxygen atoms in total. The summed E-state index contributed by atoms with van der Waals surface area (Å²) in [5.41, 5.74) is -2.98. The highest BCUT2D eigenvalue weighted by molar-refractivity contribution is 5.99. The van der Waals surface area contributed by atoms with Crippen LogP contribution in [0.5, 0.6) is 11.5 Å². The van der Waals surface area contributed by atoms with Crippen LogP contribution in [0, 0.1) is 0 Å². The zero-order chi connectivity index (χ0) is 23.3. The van der Waals surface area contributed by atoms with Crippen LogP contribution < -0.4 is 0 Å². The maximum absolute atomic E-state index is 13.0. The number of para-hydroxylation sites is 2. The average molecular weight is 460 g/mol. The standard InChI is InChI=1S/C20H14F6N2O4/c21-19(22,23)11-5-1-3-9(15(11)29)17-27-13(7-31-17)14-8-32-18(28-14)10-4-2-6-12(16(10)30)20(24,25)26/h1-6,13-14,29-30H,7-8H2/t13-,14-/m1/s1. The Hall–Kier alpha value is -3.44. The van der Waals surface area contributed by atoms with Crippen molar-refractivity contribution in [2.24, 2.45) is 9.98 Å². The first kappa shape index (κ1) is 21.8. The molecule has 32 heavy (non-hydrogen) atoms. The van der Waals surface area contributed by atoms with Crippen LogP contribution in [0.4, 0.5) is 26.3 Å². The van der Waals surface area contributed by atoms with E-state index in [2.05, 4.69) is 9.98 Å². The van der Waals surface area contributed by atoms with Crippen molar-refractivity contribution >= 4 is 11.8 Å². The molecule has 2 heterocycles. The van der Waals surface area contributed by atoms with Crippen LogP contribution in [0.3, 0.4) is 0 Å². The van der Waals surface area contributed by atoms with E-state index in [1.54, 1.807) is 0 Å². The van der Waals surface area contributed by atoms with Crippen molar-refractivity contribution in [3.8, 4) is 11.5 Å². The average Bonchev–Trinajstić information content (AvgIpc) is 3.36. The summed E-state index contributed by atoms with van der Waals surface area (Å²) in [6.45, 7) is -0.186. The number of ether oxygens (including phenoxy) is 2. The molecule has 0 aromatic heterocycles.